The highest BCUT2D eigenvalue weighted by atomic mass is 32.1. The monoisotopic (exact) mass is 1000 g/mol. The van der Waals surface area contributed by atoms with Crippen LogP contribution in [0.5, 0.6) is 0 Å². The van der Waals surface area contributed by atoms with Crippen molar-refractivity contribution in [3.63, 3.8) is 0 Å². The summed E-state index contributed by atoms with van der Waals surface area (Å²) < 4.78 is 0. The normalized spacial score (nSPS) is 11.7. The summed E-state index contributed by atoms with van der Waals surface area (Å²) in [6, 6.07) is 54.5. The Kier molecular flexibility index (Phi) is 10.8. The van der Waals surface area contributed by atoms with Crippen molar-refractivity contribution >= 4 is 136 Å². The molecule has 0 fully saturated rings. The predicted molar refractivity (Wildman–Crippen MR) is 285 cm³/mol. The van der Waals surface area contributed by atoms with E-state index in [-0.39, 0.29) is 0 Å². The van der Waals surface area contributed by atoms with E-state index in [4.69, 9.17) is 0 Å². The molecule has 0 radical (unpaired) electrons. The van der Waals surface area contributed by atoms with Gasteiger partial charge in [-0.05, 0) is 144 Å². The largest absolute Gasteiger partial charge is 0.143 e. The van der Waals surface area contributed by atoms with E-state index < -0.39 is 0 Å². The van der Waals surface area contributed by atoms with Crippen molar-refractivity contribution in [3.05, 3.63) is 166 Å². The maximum atomic E-state index is 2.32. The molecule has 12 aromatic heterocycles. The van der Waals surface area contributed by atoms with E-state index in [2.05, 4.69) is 156 Å². The van der Waals surface area contributed by atoms with Crippen LogP contribution < -0.4 is 0 Å². The van der Waals surface area contributed by atoms with Crippen molar-refractivity contribution < 1.29 is 0 Å². The molecule has 0 nitrogen and oxygen atoms in total. The van der Waals surface area contributed by atoms with E-state index in [0.29, 0.717) is 0 Å². The minimum atomic E-state index is 0.974. The van der Waals surface area contributed by atoms with E-state index >= 15 is 0 Å². The molecule has 12 rings (SSSR count). The minimum absolute atomic E-state index is 0.974. The van der Waals surface area contributed by atoms with Crippen LogP contribution in [0.4, 0.5) is 0 Å². The lowest BCUT2D eigenvalue weighted by molar-refractivity contribution is 1.31. The van der Waals surface area contributed by atoms with Crippen LogP contribution in [0.25, 0.3) is 97.5 Å². The Morgan fingerprint density at radius 1 is 0.197 bits per heavy atom. The lowest BCUT2D eigenvalue weighted by Gasteiger charge is -1.94. The molecule has 0 N–H and O–H groups in total. The Bertz CT molecular complexity index is 3140. The van der Waals surface area contributed by atoms with Crippen LogP contribution >= 0.6 is 136 Å². The first-order valence-electron chi connectivity index (χ1n) is 19.2. The molecule has 0 bridgehead atoms. The molecule has 0 aliphatic rings. The highest BCUT2D eigenvalue weighted by molar-refractivity contribution is 7.32. The number of rotatable bonds is 12. The van der Waals surface area contributed by atoms with Crippen LogP contribution in [0.1, 0.15) is 9.75 Å². The van der Waals surface area contributed by atoms with E-state index in [1.165, 1.54) is 107 Å². The van der Waals surface area contributed by atoms with Gasteiger partial charge < -0.3 is 0 Å². The first kappa shape index (κ1) is 39.0. The van der Waals surface area contributed by atoms with Gasteiger partial charge in [0.15, 0.2) is 0 Å². The van der Waals surface area contributed by atoms with Gasteiger partial charge >= 0.3 is 0 Å². The summed E-state index contributed by atoms with van der Waals surface area (Å²) in [5.41, 5.74) is 0. The second-order valence-corrected chi connectivity index (χ2v) is 26.9. The Hall–Kier alpha value is -3.60. The molecule has 0 saturated carbocycles. The van der Waals surface area contributed by atoms with Crippen LogP contribution in [-0.2, 0) is 6.42 Å². The zero-order valence-corrected chi connectivity index (χ0v) is 41.4. The molecular weight excluding hydrogens is 973 g/mol. The van der Waals surface area contributed by atoms with Crippen LogP contribution in [0.2, 0.25) is 0 Å². The number of thiophene rings is 12. The SMILES string of the molecule is c1csc(-c2ccc(-c3ccc(-c4ccc(-c5ccc(-c6ccc(Cc7ccc(-c8ccc(-c9ccc(-c%10ccc(-c%11ccc(-c%12cccs%12)s%11)s%10)s9)s8)s7)s6)s5)s4)s3)s2)c1. The van der Waals surface area contributed by atoms with Crippen molar-refractivity contribution in [2.75, 3.05) is 0 Å². The summed E-state index contributed by atoms with van der Waals surface area (Å²) in [5, 5.41) is 4.30. The Morgan fingerprint density at radius 2 is 0.393 bits per heavy atom. The van der Waals surface area contributed by atoms with Gasteiger partial charge in [0, 0.05) is 114 Å². The zero-order chi connectivity index (χ0) is 40.3. The highest BCUT2D eigenvalue weighted by Crippen LogP contribution is 2.48. The fourth-order valence-corrected chi connectivity index (χ4v) is 19.6. The van der Waals surface area contributed by atoms with Crippen LogP contribution in [0.3, 0.4) is 0 Å². The van der Waals surface area contributed by atoms with Gasteiger partial charge in [-0.2, -0.15) is 0 Å². The van der Waals surface area contributed by atoms with Crippen LogP contribution in [0, 0.1) is 0 Å². The van der Waals surface area contributed by atoms with E-state index in [0.717, 1.165) is 6.42 Å². The molecule has 0 amide bonds. The average molecular weight is 1000 g/mol. The van der Waals surface area contributed by atoms with E-state index in [1.54, 1.807) is 0 Å². The summed E-state index contributed by atoms with van der Waals surface area (Å²) in [7, 11) is 0. The summed E-state index contributed by atoms with van der Waals surface area (Å²) in [4.78, 5) is 29.7. The number of hydrogen-bond acceptors (Lipinski definition) is 12. The predicted octanol–water partition coefficient (Wildman–Crippen LogP) is 20.7. The molecule has 12 aromatic rings. The molecular formula is C49H28S12. The van der Waals surface area contributed by atoms with Gasteiger partial charge in [0.1, 0.15) is 0 Å². The summed E-state index contributed by atoms with van der Waals surface area (Å²) in [6.07, 6.45) is 0.974. The van der Waals surface area contributed by atoms with Gasteiger partial charge in [0.2, 0.25) is 0 Å². The molecule has 61 heavy (non-hydrogen) atoms. The third-order valence-corrected chi connectivity index (χ3v) is 24.5. The van der Waals surface area contributed by atoms with Crippen molar-refractivity contribution in [1.82, 2.24) is 0 Å². The molecule has 0 spiro atoms. The van der Waals surface area contributed by atoms with Crippen molar-refractivity contribution in [1.29, 1.82) is 0 Å². The fraction of sp³-hybridized carbons (Fsp3) is 0.0204. The summed E-state index contributed by atoms with van der Waals surface area (Å²) in [5.74, 6) is 0. The maximum absolute atomic E-state index is 2.32. The molecule has 0 aromatic carbocycles. The Morgan fingerprint density at radius 3 is 0.607 bits per heavy atom. The van der Waals surface area contributed by atoms with Crippen molar-refractivity contribution in [3.8, 4) is 97.5 Å². The Balaban J connectivity index is 0.685. The molecule has 12 heterocycles. The second-order valence-electron chi connectivity index (χ2n) is 14.0. The van der Waals surface area contributed by atoms with Gasteiger partial charge in [-0.1, -0.05) is 12.1 Å². The number of hydrogen-bond donors (Lipinski definition) is 0. The van der Waals surface area contributed by atoms with Crippen molar-refractivity contribution in [2.45, 2.75) is 6.42 Å². The summed E-state index contributed by atoms with van der Waals surface area (Å²) >= 11 is 22.6. The van der Waals surface area contributed by atoms with E-state index in [1.807, 2.05) is 136 Å². The first-order chi connectivity index (χ1) is 30.1. The fourth-order valence-electron chi connectivity index (χ4n) is 7.04. The zero-order valence-electron chi connectivity index (χ0n) is 31.6. The molecule has 296 valence electrons. The van der Waals surface area contributed by atoms with Gasteiger partial charge in [-0.25, -0.2) is 0 Å². The molecule has 12 heteroatoms. The molecule has 0 aliphatic heterocycles. The molecule has 0 saturated heterocycles. The van der Waals surface area contributed by atoms with Crippen LogP contribution in [-0.4, -0.2) is 0 Å². The standard InChI is InChI=1S/C49H28S12/c1-3-30(50-25-1)32-9-11-38(54-32)40-17-19-46(58-40)48-23-21-44(60-48)42-15-13-36(56-42)34-7-5-28(52-34)27-29-6-8-35(53-29)37-14-16-43(57-37)45-22-24-49(61-45)47-20-18-41(59-47)39-12-10-33(55-39)31-4-2-26-51-31/h1-26H,27H2. The first-order valence-corrected chi connectivity index (χ1v) is 29.1. The van der Waals surface area contributed by atoms with Crippen LogP contribution in [0.15, 0.2) is 156 Å². The average Bonchev–Trinajstić information content (AvgIpc) is 4.10. The van der Waals surface area contributed by atoms with E-state index in [9.17, 15) is 0 Å². The van der Waals surface area contributed by atoms with Gasteiger partial charge in [-0.3, -0.25) is 0 Å². The smallest absolute Gasteiger partial charge is 0.0449 e. The molecule has 0 unspecified atom stereocenters. The Labute approximate surface area is 401 Å². The molecule has 0 aliphatic carbocycles. The third kappa shape index (κ3) is 8.00. The van der Waals surface area contributed by atoms with Gasteiger partial charge in [-0.15, -0.1) is 136 Å². The topological polar surface area (TPSA) is 0 Å². The van der Waals surface area contributed by atoms with Gasteiger partial charge in [0.25, 0.3) is 0 Å². The van der Waals surface area contributed by atoms with Crippen molar-refractivity contribution in [2.24, 2.45) is 0 Å². The second kappa shape index (κ2) is 16.8. The minimum Gasteiger partial charge on any atom is -0.143 e. The molecule has 0 atom stereocenters. The lowest BCUT2D eigenvalue weighted by Crippen LogP contribution is -1.76. The third-order valence-electron chi connectivity index (χ3n) is 9.99. The maximum Gasteiger partial charge on any atom is 0.0449 e. The lowest BCUT2D eigenvalue weighted by atomic mass is 10.3. The summed E-state index contributed by atoms with van der Waals surface area (Å²) in [6.45, 7) is 0. The van der Waals surface area contributed by atoms with Gasteiger partial charge in [0.05, 0.1) is 0 Å². The quantitative estimate of drug-likeness (QED) is 0.114. The highest BCUT2D eigenvalue weighted by Gasteiger charge is 2.16.